The lowest BCUT2D eigenvalue weighted by Gasteiger charge is -2.56. The molecule has 0 aromatic carbocycles. The fourth-order valence-electron chi connectivity index (χ4n) is 8.46. The zero-order valence-corrected chi connectivity index (χ0v) is 20.1. The third-order valence-electron chi connectivity index (χ3n) is 9.88. The predicted octanol–water partition coefficient (Wildman–Crippen LogP) is 4.21. The molecule has 0 bridgehead atoms. The van der Waals surface area contributed by atoms with Crippen LogP contribution in [0.15, 0.2) is 17.3 Å². The quantitative estimate of drug-likeness (QED) is 0.752. The van der Waals surface area contributed by atoms with Crippen molar-refractivity contribution in [2.45, 2.75) is 88.7 Å². The Morgan fingerprint density at radius 1 is 1.13 bits per heavy atom. The highest BCUT2D eigenvalue weighted by Gasteiger charge is 2.58. The van der Waals surface area contributed by atoms with Gasteiger partial charge < -0.3 is 5.11 Å². The fourth-order valence-corrected chi connectivity index (χ4v) is 8.93. The number of rotatable bonds is 4. The summed E-state index contributed by atoms with van der Waals surface area (Å²) in [5.74, 6) is 4.15. The molecule has 6 heteroatoms. The molecule has 1 heterocycles. The molecule has 4 aliphatic carbocycles. The second kappa shape index (κ2) is 7.79. The van der Waals surface area contributed by atoms with Crippen molar-refractivity contribution >= 4 is 16.6 Å². The van der Waals surface area contributed by atoms with E-state index < -0.39 is 16.4 Å². The van der Waals surface area contributed by atoms with Crippen LogP contribution < -0.4 is 0 Å². The molecule has 0 radical (unpaired) electrons. The van der Waals surface area contributed by atoms with Gasteiger partial charge in [0.15, 0.2) is 5.78 Å². The molecule has 0 amide bonds. The van der Waals surface area contributed by atoms with Crippen molar-refractivity contribution in [1.29, 1.82) is 0 Å². The minimum absolute atomic E-state index is 0.120. The first kappa shape index (κ1) is 21.8. The van der Waals surface area contributed by atoms with Gasteiger partial charge in [-0.05, 0) is 99.7 Å². The van der Waals surface area contributed by atoms with Crippen LogP contribution in [-0.4, -0.2) is 36.7 Å². The molecule has 1 aromatic heterocycles. The Kier molecular flexibility index (Phi) is 5.48. The van der Waals surface area contributed by atoms with E-state index in [4.69, 9.17) is 0 Å². The van der Waals surface area contributed by atoms with Crippen molar-refractivity contribution in [1.82, 2.24) is 9.78 Å². The van der Waals surface area contributed by atoms with E-state index in [1.165, 1.54) is 32.1 Å². The lowest BCUT2D eigenvalue weighted by molar-refractivity contribution is -0.133. The fraction of sp³-hybridized carbons (Fsp3) is 0.840. The maximum atomic E-state index is 13.3. The summed E-state index contributed by atoms with van der Waals surface area (Å²) in [6, 6.07) is 0. The molecule has 1 N–H and O–H groups in total. The molecule has 9 atom stereocenters. The van der Waals surface area contributed by atoms with E-state index in [2.05, 4.69) is 12.0 Å². The standard InChI is InChI=1S/C25H38N2O3S/c1-24(29)10-8-18-16(12-24)4-5-20-19(18)9-11-25(2)21(20)6-7-22(25)23(28)15-27-14-17(13-26-27)31(3)30/h13-14,16,18-22,29H,4-12,15H2,1-3H3/t16-,18+,19-,20-,21+,22-,24-,25+,31?/m1/s1. The molecule has 4 fully saturated rings. The molecule has 0 saturated heterocycles. The smallest absolute Gasteiger partial charge is 0.157 e. The van der Waals surface area contributed by atoms with Gasteiger partial charge in [0.25, 0.3) is 0 Å². The lowest BCUT2D eigenvalue weighted by Crippen LogP contribution is -2.51. The van der Waals surface area contributed by atoms with Crippen LogP contribution >= 0.6 is 0 Å². The van der Waals surface area contributed by atoms with E-state index in [0.29, 0.717) is 29.1 Å². The number of aliphatic hydroxyl groups is 1. The van der Waals surface area contributed by atoms with Crippen LogP contribution in [0.25, 0.3) is 0 Å². The number of hydrogen-bond donors (Lipinski definition) is 1. The van der Waals surface area contributed by atoms with E-state index >= 15 is 0 Å². The second-order valence-electron chi connectivity index (χ2n) is 11.6. The predicted molar refractivity (Wildman–Crippen MR) is 121 cm³/mol. The highest BCUT2D eigenvalue weighted by Crippen LogP contribution is 2.64. The van der Waals surface area contributed by atoms with Crippen LogP contribution in [0.5, 0.6) is 0 Å². The number of carbonyl (C=O) groups excluding carboxylic acids is 1. The van der Waals surface area contributed by atoms with Gasteiger partial charge in [0, 0.05) is 18.4 Å². The van der Waals surface area contributed by atoms with Crippen molar-refractivity contribution in [2.75, 3.05) is 6.26 Å². The average molecular weight is 447 g/mol. The normalized spacial score (nSPS) is 45.4. The molecule has 5 rings (SSSR count). The van der Waals surface area contributed by atoms with Crippen molar-refractivity contribution in [3.8, 4) is 0 Å². The Hall–Kier alpha value is -1.01. The number of nitrogens with zero attached hydrogens (tertiary/aromatic N) is 2. The molecule has 0 aliphatic heterocycles. The number of hydrogen-bond acceptors (Lipinski definition) is 4. The number of Topliss-reactive ketones (excluding diaryl/α,β-unsaturated/α-hetero) is 1. The Morgan fingerprint density at radius 2 is 1.90 bits per heavy atom. The van der Waals surface area contributed by atoms with Gasteiger partial charge in [0.2, 0.25) is 0 Å². The lowest BCUT2D eigenvalue weighted by atomic mass is 9.49. The first-order valence-corrected chi connectivity index (χ1v) is 13.8. The SMILES string of the molecule is CS(=O)c1cnn(CC(=O)[C@H]2CC[C@H]3[C@@H]4CC[C@@H]5C[C@](C)(O)CC[C@@H]5[C@H]4CC[C@]23C)c1. The Bertz CT molecular complexity index is 880. The Morgan fingerprint density at radius 3 is 2.65 bits per heavy atom. The van der Waals surface area contributed by atoms with Gasteiger partial charge >= 0.3 is 0 Å². The van der Waals surface area contributed by atoms with Crippen molar-refractivity contribution in [2.24, 2.45) is 40.9 Å². The first-order chi connectivity index (χ1) is 14.7. The molecule has 31 heavy (non-hydrogen) atoms. The monoisotopic (exact) mass is 446 g/mol. The van der Waals surface area contributed by atoms with Gasteiger partial charge in [0.05, 0.1) is 34.0 Å². The molecule has 5 nitrogen and oxygen atoms in total. The summed E-state index contributed by atoms with van der Waals surface area (Å²) < 4.78 is 13.3. The molecule has 0 spiro atoms. The highest BCUT2D eigenvalue weighted by molar-refractivity contribution is 7.84. The second-order valence-corrected chi connectivity index (χ2v) is 13.0. The van der Waals surface area contributed by atoms with Gasteiger partial charge in [0.1, 0.15) is 0 Å². The van der Waals surface area contributed by atoms with Gasteiger partial charge in [-0.25, -0.2) is 0 Å². The summed E-state index contributed by atoms with van der Waals surface area (Å²) in [5.41, 5.74) is -0.340. The Balaban J connectivity index is 1.29. The van der Waals surface area contributed by atoms with E-state index in [9.17, 15) is 14.1 Å². The van der Waals surface area contributed by atoms with Crippen molar-refractivity contribution < 1.29 is 14.1 Å². The summed E-state index contributed by atoms with van der Waals surface area (Å²) in [6.07, 6.45) is 15.3. The molecule has 1 unspecified atom stereocenters. The maximum Gasteiger partial charge on any atom is 0.157 e. The van der Waals surface area contributed by atoms with Gasteiger partial charge in [-0.15, -0.1) is 0 Å². The zero-order valence-electron chi connectivity index (χ0n) is 19.3. The number of ketones is 1. The minimum atomic E-state index is -1.06. The highest BCUT2D eigenvalue weighted by atomic mass is 32.2. The zero-order chi connectivity index (χ0) is 22.0. The van der Waals surface area contributed by atoms with Crippen LogP contribution in [0.2, 0.25) is 0 Å². The van der Waals surface area contributed by atoms with Crippen LogP contribution in [0.3, 0.4) is 0 Å². The maximum absolute atomic E-state index is 13.3. The number of aromatic nitrogens is 2. The summed E-state index contributed by atoms with van der Waals surface area (Å²) in [5, 5.41) is 14.9. The number of carbonyl (C=O) groups is 1. The molecule has 4 aliphatic rings. The topological polar surface area (TPSA) is 72.2 Å². The Labute approximate surface area is 188 Å². The van der Waals surface area contributed by atoms with E-state index in [1.807, 2.05) is 6.92 Å². The van der Waals surface area contributed by atoms with Gasteiger partial charge in [-0.3, -0.25) is 13.7 Å². The first-order valence-electron chi connectivity index (χ1n) is 12.3. The molecule has 172 valence electrons. The van der Waals surface area contributed by atoms with Crippen LogP contribution in [0, 0.1) is 40.9 Å². The van der Waals surface area contributed by atoms with Gasteiger partial charge in [-0.1, -0.05) is 6.92 Å². The third-order valence-corrected chi connectivity index (χ3v) is 10.8. The van der Waals surface area contributed by atoms with E-state index in [-0.39, 0.29) is 11.3 Å². The van der Waals surface area contributed by atoms with Crippen LogP contribution in [-0.2, 0) is 22.1 Å². The third kappa shape index (κ3) is 3.76. The summed E-state index contributed by atoms with van der Waals surface area (Å²) >= 11 is 0. The number of fused-ring (bicyclic) bond motifs is 5. The summed E-state index contributed by atoms with van der Waals surface area (Å²) in [6.45, 7) is 4.73. The van der Waals surface area contributed by atoms with Crippen LogP contribution in [0.4, 0.5) is 0 Å². The van der Waals surface area contributed by atoms with Gasteiger partial charge in [-0.2, -0.15) is 5.10 Å². The van der Waals surface area contributed by atoms with E-state index in [1.54, 1.807) is 23.3 Å². The van der Waals surface area contributed by atoms with Crippen molar-refractivity contribution in [3.05, 3.63) is 12.4 Å². The largest absolute Gasteiger partial charge is 0.390 e. The molecule has 4 saturated carbocycles. The summed E-state index contributed by atoms with van der Waals surface area (Å²) in [4.78, 5) is 14.0. The van der Waals surface area contributed by atoms with Crippen LogP contribution in [0.1, 0.15) is 71.6 Å². The molecular weight excluding hydrogens is 408 g/mol. The molecule has 1 aromatic rings. The average Bonchev–Trinajstić information content (AvgIpc) is 3.31. The molecular formula is C25H38N2O3S. The minimum Gasteiger partial charge on any atom is -0.390 e. The van der Waals surface area contributed by atoms with Crippen molar-refractivity contribution in [3.63, 3.8) is 0 Å². The summed E-state index contributed by atoms with van der Waals surface area (Å²) in [7, 11) is -1.06. The van der Waals surface area contributed by atoms with E-state index in [0.717, 1.165) is 43.4 Å².